The minimum absolute atomic E-state index is 0.0608. The third kappa shape index (κ3) is 3.26. The Morgan fingerprint density at radius 3 is 2.35 bits per heavy atom. The van der Waals surface area contributed by atoms with E-state index in [9.17, 15) is 9.59 Å². The molecule has 1 atom stereocenters. The van der Waals surface area contributed by atoms with Crippen LogP contribution in [-0.4, -0.2) is 28.9 Å². The monoisotopic (exact) mass is 315 g/mol. The van der Waals surface area contributed by atoms with Crippen molar-refractivity contribution in [2.45, 2.75) is 64.0 Å². The molecule has 1 spiro atoms. The van der Waals surface area contributed by atoms with E-state index in [2.05, 4.69) is 38.1 Å². The Balaban J connectivity index is 1.73. The summed E-state index contributed by atoms with van der Waals surface area (Å²) in [7, 11) is 0. The van der Waals surface area contributed by atoms with Crippen molar-refractivity contribution in [1.29, 1.82) is 0 Å². The molecule has 1 aliphatic carbocycles. The lowest BCUT2D eigenvalue weighted by molar-refractivity contribution is -0.129. The molecule has 1 aliphatic heterocycles. The highest BCUT2D eigenvalue weighted by Gasteiger charge is 2.44. The Hall–Kier alpha value is -1.84. The van der Waals surface area contributed by atoms with Crippen molar-refractivity contribution in [3.05, 3.63) is 35.4 Å². The van der Waals surface area contributed by atoms with Crippen molar-refractivity contribution >= 4 is 11.9 Å². The maximum Gasteiger partial charge on any atom is 0.410 e. The van der Waals surface area contributed by atoms with Crippen LogP contribution in [0.2, 0.25) is 0 Å². The van der Waals surface area contributed by atoms with E-state index in [1.807, 2.05) is 4.90 Å². The van der Waals surface area contributed by atoms with Gasteiger partial charge < -0.3 is 9.64 Å². The summed E-state index contributed by atoms with van der Waals surface area (Å²) >= 11 is 0. The lowest BCUT2D eigenvalue weighted by atomic mass is 9.80. The minimum Gasteiger partial charge on any atom is -0.443 e. The molecule has 0 radical (unpaired) electrons. The molecule has 1 heterocycles. The predicted octanol–water partition coefficient (Wildman–Crippen LogP) is 4.17. The van der Waals surface area contributed by atoms with Crippen LogP contribution in [0.15, 0.2) is 24.3 Å². The third-order valence-electron chi connectivity index (χ3n) is 5.29. The Labute approximate surface area is 137 Å². The van der Waals surface area contributed by atoms with E-state index in [1.54, 1.807) is 0 Å². The zero-order valence-corrected chi connectivity index (χ0v) is 14.0. The van der Waals surface area contributed by atoms with Crippen molar-refractivity contribution in [2.75, 3.05) is 6.54 Å². The summed E-state index contributed by atoms with van der Waals surface area (Å²) in [4.78, 5) is 25.9. The van der Waals surface area contributed by atoms with E-state index in [4.69, 9.17) is 4.74 Å². The number of nitrogens with zero attached hydrogens (tertiary/aromatic N) is 1. The molecule has 23 heavy (non-hydrogen) atoms. The summed E-state index contributed by atoms with van der Waals surface area (Å²) in [5.41, 5.74) is 1.98. The standard InChI is InChI=1S/C19H25NO3/c1-3-17(15-6-4-14(2)5-7-15)20-13-12-19(23-18(20)22)10-8-16(21)9-11-19/h4-7,17H,3,8-13H2,1-2H3. The normalized spacial score (nSPS) is 22.1. The quantitative estimate of drug-likeness (QED) is 0.841. The first kappa shape index (κ1) is 16.0. The molecule has 2 aliphatic rings. The van der Waals surface area contributed by atoms with Gasteiger partial charge in [-0.25, -0.2) is 4.79 Å². The van der Waals surface area contributed by atoms with Gasteiger partial charge in [-0.1, -0.05) is 36.8 Å². The van der Waals surface area contributed by atoms with Crippen LogP contribution < -0.4 is 0 Å². The number of ketones is 1. The van der Waals surface area contributed by atoms with Gasteiger partial charge in [-0.05, 0) is 31.7 Å². The van der Waals surface area contributed by atoms with E-state index >= 15 is 0 Å². The van der Waals surface area contributed by atoms with Gasteiger partial charge in [0, 0.05) is 25.8 Å². The largest absolute Gasteiger partial charge is 0.443 e. The number of aryl methyl sites for hydroxylation is 1. The zero-order chi connectivity index (χ0) is 16.4. The maximum atomic E-state index is 12.6. The van der Waals surface area contributed by atoms with E-state index in [0.29, 0.717) is 38.0 Å². The summed E-state index contributed by atoms with van der Waals surface area (Å²) in [6, 6.07) is 8.43. The molecule has 1 aromatic carbocycles. The van der Waals surface area contributed by atoms with Gasteiger partial charge >= 0.3 is 6.09 Å². The first-order chi connectivity index (χ1) is 11.0. The Kier molecular flexibility index (Phi) is 4.42. The maximum absolute atomic E-state index is 12.6. The van der Waals surface area contributed by atoms with Gasteiger partial charge in [-0.15, -0.1) is 0 Å². The SMILES string of the molecule is CCC(c1ccc(C)cc1)N1CCC2(CCC(=O)CC2)OC1=O. The lowest BCUT2D eigenvalue weighted by Crippen LogP contribution is -2.52. The van der Waals surface area contributed by atoms with Crippen molar-refractivity contribution < 1.29 is 14.3 Å². The number of amides is 1. The summed E-state index contributed by atoms with van der Waals surface area (Å²) in [5.74, 6) is 0.292. The van der Waals surface area contributed by atoms with Gasteiger partial charge in [0.1, 0.15) is 11.4 Å². The average Bonchev–Trinajstić information content (AvgIpc) is 2.55. The first-order valence-electron chi connectivity index (χ1n) is 8.61. The smallest absolute Gasteiger partial charge is 0.410 e. The van der Waals surface area contributed by atoms with Gasteiger partial charge in [0.2, 0.25) is 0 Å². The molecule has 1 aromatic rings. The van der Waals surface area contributed by atoms with E-state index in [-0.39, 0.29) is 12.1 Å². The number of rotatable bonds is 3. The van der Waals surface area contributed by atoms with Crippen molar-refractivity contribution in [3.8, 4) is 0 Å². The molecule has 0 aromatic heterocycles. The fourth-order valence-electron chi connectivity index (χ4n) is 3.75. The predicted molar refractivity (Wildman–Crippen MR) is 88.2 cm³/mol. The minimum atomic E-state index is -0.396. The molecule has 4 nitrogen and oxygen atoms in total. The van der Waals surface area contributed by atoms with Crippen LogP contribution in [0.3, 0.4) is 0 Å². The molecule has 1 saturated carbocycles. The molecular weight excluding hydrogens is 290 g/mol. The Morgan fingerprint density at radius 2 is 1.78 bits per heavy atom. The van der Waals surface area contributed by atoms with Gasteiger partial charge in [-0.3, -0.25) is 4.79 Å². The highest BCUT2D eigenvalue weighted by atomic mass is 16.6. The van der Waals surface area contributed by atoms with Crippen LogP contribution in [0.1, 0.15) is 62.6 Å². The average molecular weight is 315 g/mol. The molecule has 1 amide bonds. The van der Waals surface area contributed by atoms with Crippen molar-refractivity contribution in [1.82, 2.24) is 4.90 Å². The van der Waals surface area contributed by atoms with Crippen LogP contribution in [0.4, 0.5) is 4.79 Å². The lowest BCUT2D eigenvalue weighted by Gasteiger charge is -2.45. The van der Waals surface area contributed by atoms with Gasteiger partial charge in [-0.2, -0.15) is 0 Å². The number of Topliss-reactive ketones (excluding diaryl/α,β-unsaturated/α-hetero) is 1. The number of hydrogen-bond acceptors (Lipinski definition) is 3. The summed E-state index contributed by atoms with van der Waals surface area (Å²) < 4.78 is 5.84. The van der Waals surface area contributed by atoms with Crippen LogP contribution in [0.25, 0.3) is 0 Å². The van der Waals surface area contributed by atoms with E-state index in [0.717, 1.165) is 18.4 Å². The first-order valence-corrected chi connectivity index (χ1v) is 8.61. The number of hydrogen-bond donors (Lipinski definition) is 0. The summed E-state index contributed by atoms with van der Waals surface area (Å²) in [6.07, 6.45) is 3.93. The zero-order valence-electron chi connectivity index (χ0n) is 14.0. The van der Waals surface area contributed by atoms with Crippen molar-refractivity contribution in [2.24, 2.45) is 0 Å². The van der Waals surface area contributed by atoms with Crippen molar-refractivity contribution in [3.63, 3.8) is 0 Å². The van der Waals surface area contributed by atoms with Crippen LogP contribution >= 0.6 is 0 Å². The third-order valence-corrected chi connectivity index (χ3v) is 5.29. The number of ether oxygens (including phenoxy) is 1. The van der Waals surface area contributed by atoms with Gasteiger partial charge in [0.05, 0.1) is 6.04 Å². The second-order valence-electron chi connectivity index (χ2n) is 6.87. The van der Waals surface area contributed by atoms with E-state index < -0.39 is 5.60 Å². The molecule has 1 saturated heterocycles. The molecule has 124 valence electrons. The number of carbonyl (C=O) groups excluding carboxylic acids is 2. The fourth-order valence-corrected chi connectivity index (χ4v) is 3.75. The molecule has 2 fully saturated rings. The Bertz CT molecular complexity index is 583. The highest BCUT2D eigenvalue weighted by Crippen LogP contribution is 2.39. The molecule has 1 unspecified atom stereocenters. The number of carbonyl (C=O) groups is 2. The van der Waals surface area contributed by atoms with Gasteiger partial charge in [0.15, 0.2) is 0 Å². The van der Waals surface area contributed by atoms with Crippen LogP contribution in [0.5, 0.6) is 0 Å². The topological polar surface area (TPSA) is 46.6 Å². The highest BCUT2D eigenvalue weighted by molar-refractivity contribution is 5.80. The van der Waals surface area contributed by atoms with E-state index in [1.165, 1.54) is 5.56 Å². The second-order valence-corrected chi connectivity index (χ2v) is 6.87. The molecule has 3 rings (SSSR count). The molecule has 0 N–H and O–H groups in total. The summed E-state index contributed by atoms with van der Waals surface area (Å²) in [6.45, 7) is 4.87. The number of benzene rings is 1. The molecule has 4 heteroatoms. The van der Waals surface area contributed by atoms with Gasteiger partial charge in [0.25, 0.3) is 0 Å². The molecular formula is C19H25NO3. The van der Waals surface area contributed by atoms with Crippen LogP contribution in [-0.2, 0) is 9.53 Å². The second kappa shape index (κ2) is 6.34. The summed E-state index contributed by atoms with van der Waals surface area (Å²) in [5, 5.41) is 0. The molecule has 0 bridgehead atoms. The van der Waals surface area contributed by atoms with Crippen LogP contribution in [0, 0.1) is 6.92 Å². The fraction of sp³-hybridized carbons (Fsp3) is 0.579. The Morgan fingerprint density at radius 1 is 1.13 bits per heavy atom.